The third-order valence-corrected chi connectivity index (χ3v) is 5.40. The van der Waals surface area contributed by atoms with Gasteiger partial charge in [0, 0.05) is 31.3 Å². The first kappa shape index (κ1) is 20.8. The molecule has 0 atom stereocenters. The summed E-state index contributed by atoms with van der Waals surface area (Å²) in [4.78, 5) is 17.4. The Hall–Kier alpha value is -1.96. The second kappa shape index (κ2) is 10.0. The quantitative estimate of drug-likeness (QED) is 0.631. The lowest BCUT2D eigenvalue weighted by Gasteiger charge is -2.37. The van der Waals surface area contributed by atoms with E-state index in [1.807, 2.05) is 29.2 Å². The minimum atomic E-state index is -0.0481. The number of piperidine rings is 1. The molecule has 1 aromatic carbocycles. The Morgan fingerprint density at radius 1 is 1.29 bits per heavy atom. The number of likely N-dealkylation sites (tertiary alicyclic amines) is 1. The molecule has 1 fully saturated rings. The van der Waals surface area contributed by atoms with Crippen molar-refractivity contribution in [2.24, 2.45) is 0 Å². The largest absolute Gasteiger partial charge is 0.385 e. The van der Waals surface area contributed by atoms with Crippen molar-refractivity contribution in [1.82, 2.24) is 24.8 Å². The van der Waals surface area contributed by atoms with Crippen LogP contribution in [0.4, 0.5) is 0 Å². The van der Waals surface area contributed by atoms with Crippen LogP contribution in [-0.4, -0.2) is 77.1 Å². The van der Waals surface area contributed by atoms with Gasteiger partial charge < -0.3 is 14.5 Å². The second-order valence-corrected chi connectivity index (χ2v) is 7.74. The molecule has 7 nitrogen and oxygen atoms in total. The maximum atomic E-state index is 13.2. The van der Waals surface area contributed by atoms with Gasteiger partial charge in [0.05, 0.1) is 12.7 Å². The summed E-state index contributed by atoms with van der Waals surface area (Å²) < 4.78 is 6.87. The predicted molar refractivity (Wildman–Crippen MR) is 109 cm³/mol. The summed E-state index contributed by atoms with van der Waals surface area (Å²) in [5.41, 5.74) is 1.45. The average molecular weight is 406 g/mol. The number of methoxy groups -OCH3 is 1. The molecule has 28 heavy (non-hydrogen) atoms. The van der Waals surface area contributed by atoms with E-state index in [4.69, 9.17) is 16.3 Å². The maximum absolute atomic E-state index is 13.2. The molecule has 0 saturated carbocycles. The lowest BCUT2D eigenvalue weighted by atomic mass is 10.0. The van der Waals surface area contributed by atoms with Crippen LogP contribution in [0, 0.1) is 0 Å². The van der Waals surface area contributed by atoms with Crippen LogP contribution in [0.15, 0.2) is 30.5 Å². The van der Waals surface area contributed by atoms with Crippen molar-refractivity contribution < 1.29 is 9.53 Å². The standard InChI is InChI=1S/C20H28ClN5O2/c1-24-11-8-18(9-12-24)26(10-3-13-28-2)20(27)19-15-25(23-22-19)14-16-4-6-17(21)7-5-16/h4-7,15,18H,3,8-14H2,1-2H3. The number of halogens is 1. The smallest absolute Gasteiger partial charge is 0.276 e. The molecule has 1 aliphatic heterocycles. The normalized spacial score (nSPS) is 15.7. The van der Waals surface area contributed by atoms with Crippen LogP contribution in [0.2, 0.25) is 5.02 Å². The van der Waals surface area contributed by atoms with Gasteiger partial charge in [-0.05, 0) is 57.1 Å². The van der Waals surface area contributed by atoms with Gasteiger partial charge in [-0.1, -0.05) is 28.9 Å². The van der Waals surface area contributed by atoms with E-state index in [1.54, 1.807) is 18.0 Å². The molecule has 3 rings (SSSR count). The molecule has 0 unspecified atom stereocenters. The molecule has 1 saturated heterocycles. The van der Waals surface area contributed by atoms with E-state index in [2.05, 4.69) is 22.3 Å². The first-order chi connectivity index (χ1) is 13.6. The van der Waals surface area contributed by atoms with Gasteiger partial charge in [-0.2, -0.15) is 0 Å². The molecule has 2 aromatic rings. The third-order valence-electron chi connectivity index (χ3n) is 5.15. The van der Waals surface area contributed by atoms with Crippen LogP contribution in [0.25, 0.3) is 0 Å². The number of amides is 1. The summed E-state index contributed by atoms with van der Waals surface area (Å²) >= 11 is 5.93. The molecule has 1 amide bonds. The number of benzene rings is 1. The van der Waals surface area contributed by atoms with Gasteiger partial charge in [0.1, 0.15) is 0 Å². The SMILES string of the molecule is COCCCN(C(=O)c1cn(Cc2ccc(Cl)cc2)nn1)C1CCN(C)CC1. The Labute approximate surface area is 171 Å². The first-order valence-electron chi connectivity index (χ1n) is 9.70. The van der Waals surface area contributed by atoms with Gasteiger partial charge >= 0.3 is 0 Å². The van der Waals surface area contributed by atoms with Crippen molar-refractivity contribution in [3.8, 4) is 0 Å². The highest BCUT2D eigenvalue weighted by Gasteiger charge is 2.28. The molecule has 0 N–H and O–H groups in total. The van der Waals surface area contributed by atoms with E-state index in [0.717, 1.165) is 37.9 Å². The zero-order chi connectivity index (χ0) is 19.9. The number of hydrogen-bond acceptors (Lipinski definition) is 5. The Bertz CT molecular complexity index is 756. The monoisotopic (exact) mass is 405 g/mol. The van der Waals surface area contributed by atoms with Gasteiger partial charge in [-0.3, -0.25) is 4.79 Å². The number of aromatic nitrogens is 3. The fourth-order valence-corrected chi connectivity index (χ4v) is 3.66. The predicted octanol–water partition coefficient (Wildman–Crippen LogP) is 2.55. The molecule has 2 heterocycles. The van der Waals surface area contributed by atoms with Crippen LogP contribution in [0.5, 0.6) is 0 Å². The molecule has 1 aromatic heterocycles. The van der Waals surface area contributed by atoms with Crippen molar-refractivity contribution in [1.29, 1.82) is 0 Å². The average Bonchev–Trinajstić information content (AvgIpc) is 3.16. The summed E-state index contributed by atoms with van der Waals surface area (Å²) in [7, 11) is 3.81. The zero-order valence-corrected chi connectivity index (χ0v) is 17.3. The van der Waals surface area contributed by atoms with Gasteiger partial charge in [0.25, 0.3) is 5.91 Å². The fraction of sp³-hybridized carbons (Fsp3) is 0.550. The van der Waals surface area contributed by atoms with Crippen LogP contribution in [-0.2, 0) is 11.3 Å². The van der Waals surface area contributed by atoms with E-state index >= 15 is 0 Å². The molecule has 0 bridgehead atoms. The van der Waals surface area contributed by atoms with Crippen LogP contribution >= 0.6 is 11.6 Å². The van der Waals surface area contributed by atoms with Gasteiger partial charge in [-0.15, -0.1) is 5.10 Å². The zero-order valence-electron chi connectivity index (χ0n) is 16.6. The number of hydrogen-bond donors (Lipinski definition) is 0. The van der Waals surface area contributed by atoms with Gasteiger partial charge in [-0.25, -0.2) is 4.68 Å². The number of ether oxygens (including phenoxy) is 1. The third kappa shape index (κ3) is 5.53. The highest BCUT2D eigenvalue weighted by Crippen LogP contribution is 2.18. The maximum Gasteiger partial charge on any atom is 0.276 e. The van der Waals surface area contributed by atoms with Gasteiger partial charge in [0.2, 0.25) is 0 Å². The number of rotatable bonds is 8. The van der Waals surface area contributed by atoms with Crippen molar-refractivity contribution in [3.05, 3.63) is 46.7 Å². The Morgan fingerprint density at radius 2 is 2.00 bits per heavy atom. The lowest BCUT2D eigenvalue weighted by Crippen LogP contribution is -2.47. The van der Waals surface area contributed by atoms with E-state index in [-0.39, 0.29) is 11.9 Å². The molecule has 0 spiro atoms. The van der Waals surface area contributed by atoms with Crippen molar-refractivity contribution in [2.45, 2.75) is 31.8 Å². The molecule has 152 valence electrons. The number of carbonyl (C=O) groups excluding carboxylic acids is 1. The topological polar surface area (TPSA) is 63.5 Å². The summed E-state index contributed by atoms with van der Waals surface area (Å²) in [5.74, 6) is -0.0481. The minimum Gasteiger partial charge on any atom is -0.385 e. The Balaban J connectivity index is 1.69. The molecule has 0 aliphatic carbocycles. The second-order valence-electron chi connectivity index (χ2n) is 7.31. The van der Waals surface area contributed by atoms with E-state index < -0.39 is 0 Å². The fourth-order valence-electron chi connectivity index (χ4n) is 3.53. The summed E-state index contributed by atoms with van der Waals surface area (Å²) in [5, 5.41) is 8.98. The summed E-state index contributed by atoms with van der Waals surface area (Å²) in [6, 6.07) is 7.82. The Kier molecular flexibility index (Phi) is 7.42. The molecule has 1 aliphatic rings. The van der Waals surface area contributed by atoms with Crippen LogP contribution in [0.3, 0.4) is 0 Å². The molecule has 8 heteroatoms. The van der Waals surface area contributed by atoms with E-state index in [0.29, 0.717) is 30.4 Å². The summed E-state index contributed by atoms with van der Waals surface area (Å²) in [6.45, 7) is 3.87. The van der Waals surface area contributed by atoms with Crippen LogP contribution in [0.1, 0.15) is 35.3 Å². The minimum absolute atomic E-state index is 0.0481. The molecular formula is C20H28ClN5O2. The summed E-state index contributed by atoms with van der Waals surface area (Å²) in [6.07, 6.45) is 4.50. The Morgan fingerprint density at radius 3 is 2.68 bits per heavy atom. The molecular weight excluding hydrogens is 378 g/mol. The lowest BCUT2D eigenvalue weighted by molar-refractivity contribution is 0.0558. The van der Waals surface area contributed by atoms with Crippen molar-refractivity contribution in [2.75, 3.05) is 40.4 Å². The number of nitrogens with zero attached hydrogens (tertiary/aromatic N) is 5. The van der Waals surface area contributed by atoms with Crippen LogP contribution < -0.4 is 0 Å². The number of carbonyl (C=O) groups is 1. The highest BCUT2D eigenvalue weighted by atomic mass is 35.5. The van der Waals surface area contributed by atoms with Crippen molar-refractivity contribution >= 4 is 17.5 Å². The molecule has 0 radical (unpaired) electrons. The first-order valence-corrected chi connectivity index (χ1v) is 10.1. The van der Waals surface area contributed by atoms with E-state index in [9.17, 15) is 4.79 Å². The van der Waals surface area contributed by atoms with E-state index in [1.165, 1.54) is 0 Å². The van der Waals surface area contributed by atoms with Crippen molar-refractivity contribution in [3.63, 3.8) is 0 Å². The van der Waals surface area contributed by atoms with Gasteiger partial charge in [0.15, 0.2) is 5.69 Å². The highest BCUT2D eigenvalue weighted by molar-refractivity contribution is 6.30.